The van der Waals surface area contributed by atoms with E-state index in [0.717, 1.165) is 37.1 Å². The first-order valence-corrected chi connectivity index (χ1v) is 10.8. The molecule has 0 aromatic heterocycles. The van der Waals surface area contributed by atoms with Crippen molar-refractivity contribution in [3.05, 3.63) is 83.1 Å². The molecule has 6 N–H and O–H groups in total. The maximum Gasteiger partial charge on any atom is 0.211 e. The maximum atomic E-state index is 10.6. The highest BCUT2D eigenvalue weighted by atomic mass is 16.3. The van der Waals surface area contributed by atoms with Gasteiger partial charge in [0.05, 0.1) is 17.9 Å². The van der Waals surface area contributed by atoms with E-state index < -0.39 is 12.2 Å². The third-order valence-corrected chi connectivity index (χ3v) is 5.45. The Hall–Kier alpha value is -3.13. The van der Waals surface area contributed by atoms with Gasteiger partial charge in [0.15, 0.2) is 0 Å². The Labute approximate surface area is 188 Å². The Balaban J connectivity index is 1.41. The number of nitrogens with one attached hydrogen (secondary N) is 3. The molecule has 0 spiro atoms. The molecule has 2 atom stereocenters. The van der Waals surface area contributed by atoms with Crippen LogP contribution in [0.2, 0.25) is 0 Å². The minimum Gasteiger partial charge on any atom is -0.506 e. The second kappa shape index (κ2) is 12.0. The smallest absolute Gasteiger partial charge is 0.211 e. The number of carbonyl (C=O) groups is 1. The van der Waals surface area contributed by atoms with Gasteiger partial charge in [0.1, 0.15) is 5.75 Å². The normalized spacial score (nSPS) is 15.3. The lowest BCUT2D eigenvalue weighted by atomic mass is 10.00. The van der Waals surface area contributed by atoms with Gasteiger partial charge in [-0.1, -0.05) is 48.0 Å². The molecule has 7 nitrogen and oxygen atoms in total. The molecule has 2 aromatic carbocycles. The van der Waals surface area contributed by atoms with Crippen LogP contribution in [0.25, 0.3) is 0 Å². The number of hydrogen-bond acceptors (Lipinski definition) is 6. The summed E-state index contributed by atoms with van der Waals surface area (Å²) in [5.74, 6) is -0.0426. The van der Waals surface area contributed by atoms with Gasteiger partial charge in [-0.3, -0.25) is 4.79 Å². The van der Waals surface area contributed by atoms with Crippen molar-refractivity contribution in [1.29, 1.82) is 0 Å². The highest BCUT2D eigenvalue weighted by Gasteiger charge is 2.12. The number of allylic oxidation sites excluding steroid dienone is 2. The first-order valence-electron chi connectivity index (χ1n) is 10.8. The van der Waals surface area contributed by atoms with Crippen LogP contribution in [0.15, 0.2) is 72.0 Å². The molecule has 1 aliphatic rings. The fraction of sp³-hybridized carbons (Fsp3) is 0.320. The molecule has 0 saturated heterocycles. The molecule has 1 aliphatic carbocycles. The number of phenolic OH excluding ortho intramolecular Hbond substituents is 1. The van der Waals surface area contributed by atoms with E-state index in [1.807, 2.05) is 30.3 Å². The number of rotatable bonds is 12. The lowest BCUT2D eigenvalue weighted by Gasteiger charge is -2.19. The van der Waals surface area contributed by atoms with Crippen molar-refractivity contribution in [3.63, 3.8) is 0 Å². The maximum absolute atomic E-state index is 10.6. The molecule has 32 heavy (non-hydrogen) atoms. The molecule has 0 aliphatic heterocycles. The van der Waals surface area contributed by atoms with Gasteiger partial charge in [-0.25, -0.2) is 0 Å². The number of carbonyl (C=O) groups excluding carboxylic acids is 1. The van der Waals surface area contributed by atoms with Gasteiger partial charge < -0.3 is 31.3 Å². The molecular weight excluding hydrogens is 406 g/mol. The van der Waals surface area contributed by atoms with E-state index >= 15 is 0 Å². The largest absolute Gasteiger partial charge is 0.506 e. The summed E-state index contributed by atoms with van der Waals surface area (Å²) < 4.78 is 0. The van der Waals surface area contributed by atoms with Crippen LogP contribution in [0.3, 0.4) is 0 Å². The fourth-order valence-electron chi connectivity index (χ4n) is 3.64. The van der Waals surface area contributed by atoms with E-state index in [1.165, 1.54) is 11.6 Å². The van der Waals surface area contributed by atoms with Crippen molar-refractivity contribution in [2.75, 3.05) is 25.0 Å². The summed E-state index contributed by atoms with van der Waals surface area (Å²) >= 11 is 0. The van der Waals surface area contributed by atoms with Crippen LogP contribution in [0.1, 0.15) is 42.6 Å². The van der Waals surface area contributed by atoms with E-state index in [2.05, 4.69) is 28.1 Å². The lowest BCUT2D eigenvalue weighted by molar-refractivity contribution is -0.105. The predicted octanol–water partition coefficient (Wildman–Crippen LogP) is 2.90. The number of hydrogen-bond donors (Lipinski definition) is 6. The lowest BCUT2D eigenvalue weighted by Crippen LogP contribution is -2.24. The van der Waals surface area contributed by atoms with Gasteiger partial charge in [-0.2, -0.15) is 0 Å². The molecule has 2 unspecified atom stereocenters. The van der Waals surface area contributed by atoms with Crippen molar-refractivity contribution < 1.29 is 20.1 Å². The summed E-state index contributed by atoms with van der Waals surface area (Å²) in [6.45, 7) is 1.54. The molecule has 0 saturated carbocycles. The average molecular weight is 438 g/mol. The van der Waals surface area contributed by atoms with Crippen LogP contribution < -0.4 is 16.0 Å². The summed E-state index contributed by atoms with van der Waals surface area (Å²) in [5.41, 5.74) is 4.12. The van der Waals surface area contributed by atoms with E-state index in [9.17, 15) is 20.1 Å². The highest BCUT2D eigenvalue weighted by molar-refractivity contribution is 5.75. The predicted molar refractivity (Wildman–Crippen MR) is 125 cm³/mol. The first kappa shape index (κ1) is 23.5. The summed E-state index contributed by atoms with van der Waals surface area (Å²) in [5, 5.41) is 39.4. The van der Waals surface area contributed by atoms with Crippen molar-refractivity contribution in [2.24, 2.45) is 0 Å². The van der Waals surface area contributed by atoms with Crippen LogP contribution in [0.4, 0.5) is 5.69 Å². The SMILES string of the molecule is O=CNc1cc(C(O)CNCCC2=CC(NCC(O)c3ccccc3)=CCC2)ccc1O. The van der Waals surface area contributed by atoms with Gasteiger partial charge in [0.25, 0.3) is 0 Å². The Kier molecular flexibility index (Phi) is 8.86. The number of phenols is 1. The van der Waals surface area contributed by atoms with Gasteiger partial charge in [-0.15, -0.1) is 0 Å². The zero-order valence-corrected chi connectivity index (χ0v) is 18.0. The van der Waals surface area contributed by atoms with Gasteiger partial charge in [0, 0.05) is 18.8 Å². The Morgan fingerprint density at radius 1 is 1.00 bits per heavy atom. The number of aromatic hydroxyl groups is 1. The number of anilines is 1. The zero-order valence-electron chi connectivity index (χ0n) is 18.0. The monoisotopic (exact) mass is 437 g/mol. The van der Waals surface area contributed by atoms with Gasteiger partial charge in [-0.05, 0) is 55.1 Å². The van der Waals surface area contributed by atoms with E-state index in [4.69, 9.17) is 0 Å². The third-order valence-electron chi connectivity index (χ3n) is 5.45. The van der Waals surface area contributed by atoms with Crippen molar-refractivity contribution in [1.82, 2.24) is 10.6 Å². The van der Waals surface area contributed by atoms with Crippen molar-refractivity contribution >= 4 is 12.1 Å². The van der Waals surface area contributed by atoms with Crippen LogP contribution in [-0.2, 0) is 4.79 Å². The number of amides is 1. The molecule has 1 amide bonds. The summed E-state index contributed by atoms with van der Waals surface area (Å²) in [7, 11) is 0. The summed E-state index contributed by atoms with van der Waals surface area (Å²) in [6, 6.07) is 14.3. The van der Waals surface area contributed by atoms with Crippen molar-refractivity contribution in [3.8, 4) is 5.75 Å². The average Bonchev–Trinajstić information content (AvgIpc) is 2.82. The molecule has 0 radical (unpaired) electrons. The molecule has 170 valence electrons. The highest BCUT2D eigenvalue weighted by Crippen LogP contribution is 2.26. The second-order valence-electron chi connectivity index (χ2n) is 7.82. The minimum absolute atomic E-state index is 0.0426. The Morgan fingerprint density at radius 3 is 2.56 bits per heavy atom. The molecule has 0 bridgehead atoms. The van der Waals surface area contributed by atoms with Crippen molar-refractivity contribution in [2.45, 2.75) is 31.5 Å². The minimum atomic E-state index is -0.750. The molecule has 2 aromatic rings. The first-order chi connectivity index (χ1) is 15.6. The van der Waals surface area contributed by atoms with Crippen LogP contribution in [0, 0.1) is 0 Å². The topological polar surface area (TPSA) is 114 Å². The van der Waals surface area contributed by atoms with E-state index in [0.29, 0.717) is 25.1 Å². The zero-order chi connectivity index (χ0) is 22.8. The quantitative estimate of drug-likeness (QED) is 0.173. The van der Waals surface area contributed by atoms with Crippen LogP contribution >= 0.6 is 0 Å². The summed E-state index contributed by atoms with van der Waals surface area (Å²) in [6.07, 6.45) is 6.28. The number of aliphatic hydroxyl groups is 2. The molecule has 3 rings (SSSR count). The third kappa shape index (κ3) is 6.95. The van der Waals surface area contributed by atoms with Crippen LogP contribution in [0.5, 0.6) is 5.75 Å². The van der Waals surface area contributed by atoms with Gasteiger partial charge in [0.2, 0.25) is 6.41 Å². The standard InChI is InChI=1S/C25H31N3O4/c29-17-28-22-14-20(9-10-23(22)30)24(31)15-26-12-11-18-5-4-8-21(13-18)27-16-25(32)19-6-2-1-3-7-19/h1-3,6-10,13-14,17,24-27,30-32H,4-5,11-12,15-16H2,(H,28,29). The Morgan fingerprint density at radius 2 is 1.78 bits per heavy atom. The fourth-order valence-corrected chi connectivity index (χ4v) is 3.64. The summed E-state index contributed by atoms with van der Waals surface area (Å²) in [4.78, 5) is 10.6. The number of aliphatic hydroxyl groups excluding tert-OH is 2. The van der Waals surface area contributed by atoms with Crippen LogP contribution in [-0.4, -0.2) is 41.4 Å². The molecule has 7 heteroatoms. The van der Waals surface area contributed by atoms with E-state index in [-0.39, 0.29) is 11.4 Å². The molecule has 0 heterocycles. The number of benzene rings is 2. The second-order valence-corrected chi connectivity index (χ2v) is 7.82. The van der Waals surface area contributed by atoms with Gasteiger partial charge >= 0.3 is 0 Å². The Bertz CT molecular complexity index is 943. The molecule has 0 fully saturated rings. The molecular formula is C25H31N3O4. The van der Waals surface area contributed by atoms with E-state index in [1.54, 1.807) is 12.1 Å².